The third-order valence-corrected chi connectivity index (χ3v) is 8.12. The molecule has 1 fully saturated rings. The molecule has 7 N–H and O–H groups in total. The van der Waals surface area contributed by atoms with E-state index in [1.54, 1.807) is 6.92 Å². The summed E-state index contributed by atoms with van der Waals surface area (Å²) in [5.41, 5.74) is 2.40. The Morgan fingerprint density at radius 3 is 2.50 bits per heavy atom. The highest BCUT2D eigenvalue weighted by molar-refractivity contribution is 6.31. The van der Waals surface area contributed by atoms with E-state index >= 15 is 0 Å². The SMILES string of the molecule is COc1cccc2c1C(=O)c1c(O)c3c(c(O)c1C2=O)CC(O)(C(=O)COC(C)O)CC3OC1CC(N)C(O)C(C)O1. The number of carbonyl (C=O) groups excluding carboxylic acids is 3. The van der Waals surface area contributed by atoms with Crippen LogP contribution in [0.5, 0.6) is 17.2 Å². The molecular weight excluding hydrogens is 554 g/mol. The molecule has 0 saturated carbocycles. The summed E-state index contributed by atoms with van der Waals surface area (Å²) in [7, 11) is 1.32. The van der Waals surface area contributed by atoms with Crippen molar-refractivity contribution in [3.63, 3.8) is 0 Å². The molecule has 13 heteroatoms. The minimum Gasteiger partial charge on any atom is -0.507 e. The van der Waals surface area contributed by atoms with E-state index < -0.39 is 102 Å². The van der Waals surface area contributed by atoms with E-state index in [4.69, 9.17) is 24.7 Å². The Morgan fingerprint density at radius 2 is 1.86 bits per heavy atom. The number of fused-ring (bicyclic) bond motifs is 3. The average Bonchev–Trinajstić information content (AvgIpc) is 2.94. The molecule has 7 atom stereocenters. The molecule has 42 heavy (non-hydrogen) atoms. The van der Waals surface area contributed by atoms with Crippen LogP contribution in [-0.4, -0.2) is 93.0 Å². The summed E-state index contributed by atoms with van der Waals surface area (Å²) in [4.78, 5) is 40.5. The fourth-order valence-electron chi connectivity index (χ4n) is 5.93. The van der Waals surface area contributed by atoms with E-state index in [0.717, 1.165) is 0 Å². The maximum atomic E-state index is 13.7. The van der Waals surface area contributed by atoms with Crippen molar-refractivity contribution in [1.29, 1.82) is 0 Å². The quantitative estimate of drug-likeness (QED) is 0.163. The molecule has 1 saturated heterocycles. The first-order valence-corrected chi connectivity index (χ1v) is 13.5. The Balaban J connectivity index is 1.66. The molecule has 0 amide bonds. The molecule has 1 aliphatic heterocycles. The van der Waals surface area contributed by atoms with Gasteiger partial charge in [0.2, 0.25) is 5.78 Å². The largest absolute Gasteiger partial charge is 0.507 e. The van der Waals surface area contributed by atoms with Crippen LogP contribution in [0.1, 0.15) is 75.8 Å². The number of hydrogen-bond donors (Lipinski definition) is 6. The number of aromatic hydroxyl groups is 2. The van der Waals surface area contributed by atoms with Gasteiger partial charge >= 0.3 is 0 Å². The van der Waals surface area contributed by atoms with Crippen LogP contribution >= 0.6 is 0 Å². The number of ketones is 3. The second-order valence-electron chi connectivity index (χ2n) is 10.9. The van der Waals surface area contributed by atoms with Gasteiger partial charge in [-0.25, -0.2) is 0 Å². The summed E-state index contributed by atoms with van der Waals surface area (Å²) in [6.07, 6.45) is -6.49. The zero-order chi connectivity index (χ0) is 30.7. The van der Waals surface area contributed by atoms with E-state index in [9.17, 15) is 39.9 Å². The van der Waals surface area contributed by atoms with Crippen molar-refractivity contribution in [2.24, 2.45) is 5.73 Å². The van der Waals surface area contributed by atoms with Crippen molar-refractivity contribution in [1.82, 2.24) is 0 Å². The van der Waals surface area contributed by atoms with Crippen molar-refractivity contribution in [3.8, 4) is 17.2 Å². The summed E-state index contributed by atoms with van der Waals surface area (Å²) >= 11 is 0. The van der Waals surface area contributed by atoms with Gasteiger partial charge in [0, 0.05) is 42.0 Å². The number of rotatable bonds is 7. The first-order valence-electron chi connectivity index (χ1n) is 13.5. The number of methoxy groups -OCH3 is 1. The van der Waals surface area contributed by atoms with Crippen molar-refractivity contribution in [2.75, 3.05) is 13.7 Å². The highest BCUT2D eigenvalue weighted by atomic mass is 16.7. The van der Waals surface area contributed by atoms with Gasteiger partial charge in [-0.3, -0.25) is 14.4 Å². The summed E-state index contributed by atoms with van der Waals surface area (Å²) in [6, 6.07) is 3.63. The van der Waals surface area contributed by atoms with Crippen LogP contribution in [0.25, 0.3) is 0 Å². The van der Waals surface area contributed by atoms with Gasteiger partial charge in [0.05, 0.1) is 42.1 Å². The first-order chi connectivity index (χ1) is 19.8. The third-order valence-electron chi connectivity index (χ3n) is 8.12. The summed E-state index contributed by atoms with van der Waals surface area (Å²) in [5.74, 6) is -3.68. The lowest BCUT2D eigenvalue weighted by atomic mass is 9.72. The number of phenolic OH excluding ortho intramolecular Hbond substituents is 2. The first kappa shape index (κ1) is 30.0. The van der Waals surface area contributed by atoms with Crippen LogP contribution in [0.15, 0.2) is 18.2 Å². The van der Waals surface area contributed by atoms with Crippen molar-refractivity contribution < 1.29 is 58.9 Å². The minimum atomic E-state index is -2.24. The predicted octanol–water partition coefficient (Wildman–Crippen LogP) is 0.364. The van der Waals surface area contributed by atoms with Crippen LogP contribution < -0.4 is 10.5 Å². The topological polar surface area (TPSA) is 215 Å². The van der Waals surface area contributed by atoms with E-state index in [1.807, 2.05) is 0 Å². The molecule has 2 aromatic rings. The molecule has 13 nitrogen and oxygen atoms in total. The maximum Gasteiger partial charge on any atom is 0.202 e. The smallest absolute Gasteiger partial charge is 0.202 e. The Morgan fingerprint density at radius 1 is 1.17 bits per heavy atom. The number of carbonyl (C=O) groups is 3. The summed E-state index contributed by atoms with van der Waals surface area (Å²) in [5, 5.41) is 54.3. The molecular formula is C29H33NO12. The molecule has 226 valence electrons. The molecule has 7 unspecified atom stereocenters. The van der Waals surface area contributed by atoms with Crippen LogP contribution in [-0.2, 0) is 25.4 Å². The standard InChI is InChI=1S/C29H33NO12/c1-11-24(33)15(30)7-19(41-11)42-17-9-29(38,18(32)10-40-12(2)31)8-14-21(17)28(37)23-22(26(14)35)25(34)13-5-4-6-16(39-3)20(13)27(23)36/h4-6,11-12,15,17,19,24,31,33,35,37-38H,7-10,30H2,1-3H3. The van der Waals surface area contributed by atoms with Crippen LogP contribution in [0.3, 0.4) is 0 Å². The molecule has 1 heterocycles. The van der Waals surface area contributed by atoms with E-state index in [1.165, 1.54) is 32.2 Å². The highest BCUT2D eigenvalue weighted by Crippen LogP contribution is 2.52. The maximum absolute atomic E-state index is 13.7. The molecule has 2 aliphatic carbocycles. The van der Waals surface area contributed by atoms with E-state index in [-0.39, 0.29) is 34.4 Å². The molecule has 0 radical (unpaired) electrons. The minimum absolute atomic E-state index is 0.00846. The zero-order valence-corrected chi connectivity index (χ0v) is 23.2. The van der Waals surface area contributed by atoms with Gasteiger partial charge in [0.1, 0.15) is 29.5 Å². The van der Waals surface area contributed by atoms with Crippen LogP contribution in [0, 0.1) is 0 Å². The van der Waals surface area contributed by atoms with Gasteiger partial charge in [-0.15, -0.1) is 0 Å². The molecule has 0 bridgehead atoms. The number of phenols is 2. The number of benzene rings is 2. The number of nitrogens with two attached hydrogens (primary N) is 1. The fraction of sp³-hybridized carbons (Fsp3) is 0.483. The van der Waals surface area contributed by atoms with Crippen LogP contribution in [0.4, 0.5) is 0 Å². The Bertz CT molecular complexity index is 1440. The zero-order valence-electron chi connectivity index (χ0n) is 23.2. The van der Waals surface area contributed by atoms with Gasteiger partial charge in [-0.1, -0.05) is 12.1 Å². The normalized spacial score (nSPS) is 29.4. The second-order valence-corrected chi connectivity index (χ2v) is 10.9. The summed E-state index contributed by atoms with van der Waals surface area (Å²) < 4.78 is 22.1. The summed E-state index contributed by atoms with van der Waals surface area (Å²) in [6.45, 7) is 2.17. The molecule has 2 aromatic carbocycles. The van der Waals surface area contributed by atoms with Gasteiger partial charge in [-0.05, 0) is 19.9 Å². The van der Waals surface area contributed by atoms with Gasteiger partial charge in [0.25, 0.3) is 0 Å². The van der Waals surface area contributed by atoms with Gasteiger partial charge in [0.15, 0.2) is 24.1 Å². The van der Waals surface area contributed by atoms with E-state index in [0.29, 0.717) is 0 Å². The second kappa shape index (κ2) is 11.0. The monoisotopic (exact) mass is 587 g/mol. The van der Waals surface area contributed by atoms with Crippen molar-refractivity contribution in [2.45, 2.75) is 75.6 Å². The predicted molar refractivity (Wildman–Crippen MR) is 142 cm³/mol. The number of ether oxygens (including phenoxy) is 4. The Hall–Kier alpha value is -3.43. The third kappa shape index (κ3) is 4.86. The highest BCUT2D eigenvalue weighted by Gasteiger charge is 2.50. The van der Waals surface area contributed by atoms with Gasteiger partial charge in [-0.2, -0.15) is 0 Å². The Labute approximate surface area is 240 Å². The lowest BCUT2D eigenvalue weighted by Crippen LogP contribution is -2.53. The molecule has 0 aromatic heterocycles. The van der Waals surface area contributed by atoms with E-state index in [2.05, 4.69) is 0 Å². The Kier molecular flexibility index (Phi) is 7.87. The average molecular weight is 588 g/mol. The molecule has 0 spiro atoms. The lowest BCUT2D eigenvalue weighted by molar-refractivity contribution is -0.247. The lowest BCUT2D eigenvalue weighted by Gasteiger charge is -2.42. The molecule has 3 aliphatic rings. The van der Waals surface area contributed by atoms with Crippen molar-refractivity contribution >= 4 is 17.3 Å². The van der Waals surface area contributed by atoms with Crippen molar-refractivity contribution in [3.05, 3.63) is 51.6 Å². The van der Waals surface area contributed by atoms with Gasteiger partial charge < -0.3 is 50.2 Å². The fourth-order valence-corrected chi connectivity index (χ4v) is 5.93. The number of hydrogen-bond acceptors (Lipinski definition) is 13. The number of aliphatic hydroxyl groups is 3. The van der Waals surface area contributed by atoms with Crippen LogP contribution in [0.2, 0.25) is 0 Å². The number of Topliss-reactive ketones (excluding diaryl/α,β-unsaturated/α-hetero) is 1. The molecule has 5 rings (SSSR count). The number of aliphatic hydroxyl groups excluding tert-OH is 2.